The van der Waals surface area contributed by atoms with E-state index in [1.807, 2.05) is 31.2 Å². The van der Waals surface area contributed by atoms with Crippen LogP contribution < -0.4 is 10.2 Å². The van der Waals surface area contributed by atoms with Crippen LogP contribution >= 0.6 is 23.1 Å². The minimum atomic E-state index is -0.518. The summed E-state index contributed by atoms with van der Waals surface area (Å²) in [7, 11) is 0. The number of anilines is 1. The Morgan fingerprint density at radius 1 is 1.34 bits per heavy atom. The van der Waals surface area contributed by atoms with Crippen LogP contribution in [-0.2, 0) is 4.79 Å². The van der Waals surface area contributed by atoms with Crippen molar-refractivity contribution in [2.45, 2.75) is 19.0 Å². The highest BCUT2D eigenvalue weighted by molar-refractivity contribution is 7.11. The van der Waals surface area contributed by atoms with Gasteiger partial charge in [-0.25, -0.2) is 4.39 Å². The highest BCUT2D eigenvalue weighted by Crippen LogP contribution is 2.45. The average molecular weight is 468 g/mol. The van der Waals surface area contributed by atoms with Gasteiger partial charge in [0.15, 0.2) is 5.82 Å². The van der Waals surface area contributed by atoms with E-state index in [-0.39, 0.29) is 39.8 Å². The molecule has 4 aromatic rings. The highest BCUT2D eigenvalue weighted by Gasteiger charge is 2.38. The van der Waals surface area contributed by atoms with E-state index in [1.54, 1.807) is 12.1 Å². The molecule has 1 aliphatic rings. The molecule has 3 aromatic carbocycles. The summed E-state index contributed by atoms with van der Waals surface area (Å²) in [6, 6.07) is 12.4. The Balaban J connectivity index is 1.59. The van der Waals surface area contributed by atoms with E-state index in [0.717, 1.165) is 15.8 Å². The Morgan fingerprint density at radius 3 is 2.88 bits per heavy atom. The SMILES string of the molecule is C=CC(=O)N[C@@H]1CN(c2snc3c(F)c(-c4cc(O)cc5ccccc45)c(Cl)cc23)[C@@H]1C. The highest BCUT2D eigenvalue weighted by atomic mass is 35.5. The number of amides is 1. The zero-order valence-electron chi connectivity index (χ0n) is 17.1. The summed E-state index contributed by atoms with van der Waals surface area (Å²) >= 11 is 7.82. The lowest BCUT2D eigenvalue weighted by Crippen LogP contribution is -2.65. The zero-order chi connectivity index (χ0) is 22.6. The van der Waals surface area contributed by atoms with Crippen LogP contribution in [0.3, 0.4) is 0 Å². The predicted octanol–water partition coefficient (Wildman–Crippen LogP) is 5.49. The molecule has 0 aliphatic carbocycles. The van der Waals surface area contributed by atoms with Gasteiger partial charge in [0.05, 0.1) is 11.1 Å². The van der Waals surface area contributed by atoms with Crippen LogP contribution in [0.25, 0.3) is 32.8 Å². The summed E-state index contributed by atoms with van der Waals surface area (Å²) < 4.78 is 20.1. The van der Waals surface area contributed by atoms with E-state index in [0.29, 0.717) is 17.5 Å². The number of fused-ring (bicyclic) bond motifs is 2. The minimum Gasteiger partial charge on any atom is -0.508 e. The Kier molecular flexibility index (Phi) is 5.03. The van der Waals surface area contributed by atoms with Gasteiger partial charge in [-0.15, -0.1) is 0 Å². The Morgan fingerprint density at radius 2 is 2.12 bits per heavy atom. The van der Waals surface area contributed by atoms with Crippen LogP contribution in [0, 0.1) is 5.82 Å². The van der Waals surface area contributed by atoms with Crippen molar-refractivity contribution in [3.05, 3.63) is 66.0 Å². The molecule has 32 heavy (non-hydrogen) atoms. The van der Waals surface area contributed by atoms with Crippen LogP contribution in [0.4, 0.5) is 9.39 Å². The molecule has 1 aliphatic heterocycles. The molecule has 1 saturated heterocycles. The Bertz CT molecular complexity index is 1400. The standard InChI is InChI=1S/C24H19ClFN3O2S/c1-3-20(31)27-19-11-29(12(19)2)24-17-10-18(25)21(22(26)23(17)28-32-24)16-9-14(30)8-13-6-4-5-7-15(13)16/h3-10,12,19,30H,1,11H2,2H3,(H,27,31)/t12-,19-/m1/s1. The topological polar surface area (TPSA) is 65.5 Å². The normalized spacial score (nSPS) is 18.0. The molecule has 1 aromatic heterocycles. The summed E-state index contributed by atoms with van der Waals surface area (Å²) in [5.41, 5.74) is 0.975. The number of phenols is 1. The number of hydrogen-bond donors (Lipinski definition) is 2. The van der Waals surface area contributed by atoms with Crippen LogP contribution in [0.5, 0.6) is 5.75 Å². The quantitative estimate of drug-likeness (QED) is 0.389. The van der Waals surface area contributed by atoms with Crippen molar-refractivity contribution in [1.82, 2.24) is 9.69 Å². The molecule has 8 heteroatoms. The van der Waals surface area contributed by atoms with Crippen molar-refractivity contribution in [3.8, 4) is 16.9 Å². The first-order chi connectivity index (χ1) is 15.4. The third-order valence-corrected chi connectivity index (χ3v) is 7.20. The number of benzene rings is 3. The molecular formula is C24H19ClFN3O2S. The lowest BCUT2D eigenvalue weighted by molar-refractivity contribution is -0.117. The van der Waals surface area contributed by atoms with Crippen LogP contribution in [0.2, 0.25) is 5.02 Å². The van der Waals surface area contributed by atoms with Gasteiger partial charge >= 0.3 is 0 Å². The second kappa shape index (κ2) is 7.76. The summed E-state index contributed by atoms with van der Waals surface area (Å²) in [6.07, 6.45) is 1.25. The number of hydrogen-bond acceptors (Lipinski definition) is 5. The molecule has 2 atom stereocenters. The van der Waals surface area contributed by atoms with Crippen molar-refractivity contribution >= 4 is 55.7 Å². The summed E-state index contributed by atoms with van der Waals surface area (Å²) in [4.78, 5) is 13.7. The lowest BCUT2D eigenvalue weighted by atomic mass is 9.95. The summed E-state index contributed by atoms with van der Waals surface area (Å²) in [5.74, 6) is -0.696. The molecule has 5 nitrogen and oxygen atoms in total. The molecule has 5 rings (SSSR count). The number of rotatable bonds is 4. The Labute approximate surface area is 192 Å². The van der Waals surface area contributed by atoms with E-state index in [1.165, 1.54) is 23.7 Å². The molecule has 2 N–H and O–H groups in total. The van der Waals surface area contributed by atoms with Gasteiger partial charge in [-0.2, -0.15) is 4.37 Å². The van der Waals surface area contributed by atoms with Crippen LogP contribution in [0.15, 0.2) is 55.1 Å². The smallest absolute Gasteiger partial charge is 0.243 e. The molecule has 1 amide bonds. The van der Waals surface area contributed by atoms with Gasteiger partial charge in [-0.05, 0) is 59.1 Å². The number of aromatic hydroxyl groups is 1. The molecule has 0 radical (unpaired) electrons. The van der Waals surface area contributed by atoms with Crippen molar-refractivity contribution in [1.29, 1.82) is 0 Å². The van der Waals surface area contributed by atoms with Crippen molar-refractivity contribution in [2.75, 3.05) is 11.4 Å². The maximum absolute atomic E-state index is 15.8. The first kappa shape index (κ1) is 20.7. The third kappa shape index (κ3) is 3.20. The van der Waals surface area contributed by atoms with Gasteiger partial charge < -0.3 is 15.3 Å². The molecule has 162 valence electrons. The van der Waals surface area contributed by atoms with Gasteiger partial charge in [0, 0.05) is 23.5 Å². The lowest BCUT2D eigenvalue weighted by Gasteiger charge is -2.47. The number of nitrogens with one attached hydrogen (secondary N) is 1. The fourth-order valence-electron chi connectivity index (χ4n) is 4.24. The number of carbonyl (C=O) groups is 1. The summed E-state index contributed by atoms with van der Waals surface area (Å²) in [5, 5.41) is 16.4. The number of aromatic nitrogens is 1. The van der Waals surface area contributed by atoms with E-state index >= 15 is 4.39 Å². The van der Waals surface area contributed by atoms with Gasteiger partial charge in [-0.3, -0.25) is 4.79 Å². The number of phenolic OH excluding ortho intramolecular Hbond substituents is 1. The van der Waals surface area contributed by atoms with Crippen LogP contribution in [-0.4, -0.2) is 34.0 Å². The molecule has 0 bridgehead atoms. The van der Waals surface area contributed by atoms with Crippen LogP contribution in [0.1, 0.15) is 6.92 Å². The molecule has 0 unspecified atom stereocenters. The van der Waals surface area contributed by atoms with Gasteiger partial charge in [0.1, 0.15) is 16.3 Å². The molecular weight excluding hydrogens is 449 g/mol. The molecule has 0 saturated carbocycles. The number of halogens is 2. The average Bonchev–Trinajstić information content (AvgIpc) is 3.18. The van der Waals surface area contributed by atoms with E-state index in [4.69, 9.17) is 11.6 Å². The second-order valence-corrected chi connectivity index (χ2v) is 9.02. The number of carbonyl (C=O) groups excluding carboxylic acids is 1. The largest absolute Gasteiger partial charge is 0.508 e. The first-order valence-corrected chi connectivity index (χ1v) is 11.2. The number of nitrogens with zero attached hydrogens (tertiary/aromatic N) is 2. The fourth-order valence-corrected chi connectivity index (χ4v) is 5.49. The van der Waals surface area contributed by atoms with E-state index in [2.05, 4.69) is 21.2 Å². The van der Waals surface area contributed by atoms with Crippen molar-refractivity contribution in [3.63, 3.8) is 0 Å². The third-order valence-electron chi connectivity index (χ3n) is 6.00. The van der Waals surface area contributed by atoms with Gasteiger partial charge in [-0.1, -0.05) is 42.4 Å². The molecule has 0 spiro atoms. The molecule has 1 fully saturated rings. The maximum Gasteiger partial charge on any atom is 0.243 e. The minimum absolute atomic E-state index is 0.0177. The molecule has 2 heterocycles. The van der Waals surface area contributed by atoms with Gasteiger partial charge in [0.25, 0.3) is 0 Å². The predicted molar refractivity (Wildman–Crippen MR) is 128 cm³/mol. The van der Waals surface area contributed by atoms with E-state index in [9.17, 15) is 9.90 Å². The maximum atomic E-state index is 15.8. The first-order valence-electron chi connectivity index (χ1n) is 10.1. The monoisotopic (exact) mass is 467 g/mol. The summed E-state index contributed by atoms with van der Waals surface area (Å²) in [6.45, 7) is 6.07. The van der Waals surface area contributed by atoms with Crippen molar-refractivity contribution < 1.29 is 14.3 Å². The van der Waals surface area contributed by atoms with E-state index < -0.39 is 5.82 Å². The van der Waals surface area contributed by atoms with Gasteiger partial charge in [0.2, 0.25) is 5.91 Å². The second-order valence-electron chi connectivity index (χ2n) is 7.86. The van der Waals surface area contributed by atoms with Crippen molar-refractivity contribution in [2.24, 2.45) is 0 Å². The fraction of sp³-hybridized carbons (Fsp3) is 0.167. The zero-order valence-corrected chi connectivity index (χ0v) is 18.7. The Hall–Kier alpha value is -3.16.